The lowest BCUT2D eigenvalue weighted by atomic mass is 10.2. The van der Waals surface area contributed by atoms with Gasteiger partial charge in [0.25, 0.3) is 5.76 Å². The summed E-state index contributed by atoms with van der Waals surface area (Å²) in [6.45, 7) is 0.328. The molecule has 0 atom stereocenters. The van der Waals surface area contributed by atoms with Gasteiger partial charge in [-0.2, -0.15) is 8.78 Å². The quantitative estimate of drug-likeness (QED) is 0.629. The summed E-state index contributed by atoms with van der Waals surface area (Å²) >= 11 is 0.330. The van der Waals surface area contributed by atoms with Gasteiger partial charge in [-0.25, -0.2) is 4.98 Å². The van der Waals surface area contributed by atoms with Crippen LogP contribution in [-0.2, 0) is 22.7 Å². The van der Waals surface area contributed by atoms with Crippen molar-refractivity contribution in [2.75, 3.05) is 12.4 Å². The largest absolute Gasteiger partial charge is 0.380 e. The average molecular weight is 377 g/mol. The van der Waals surface area contributed by atoms with Crippen molar-refractivity contribution in [2.24, 2.45) is 0 Å². The third kappa shape index (κ3) is 4.39. The molecular formula is C18H17F2N3O2S. The normalized spacial score (nSPS) is 11.2. The molecule has 0 radical (unpaired) electrons. The highest BCUT2D eigenvalue weighted by atomic mass is 32.2. The number of nitrogens with zero attached hydrogens (tertiary/aromatic N) is 2. The molecule has 2 aromatic carbocycles. The highest BCUT2D eigenvalue weighted by molar-refractivity contribution is 7.99. The first-order valence-corrected chi connectivity index (χ1v) is 8.72. The Bertz CT molecular complexity index is 914. The third-order valence-electron chi connectivity index (χ3n) is 3.64. The number of fused-ring (bicyclic) bond motifs is 1. The number of ether oxygens (including phenoxy) is 1. The number of benzene rings is 2. The Kier molecular flexibility index (Phi) is 5.85. The number of para-hydroxylation sites is 2. The molecule has 26 heavy (non-hydrogen) atoms. The summed E-state index contributed by atoms with van der Waals surface area (Å²) in [6, 6.07) is 14.3. The summed E-state index contributed by atoms with van der Waals surface area (Å²) in [5, 5.41) is 2.90. The average Bonchev–Trinajstić information content (AvgIpc) is 2.92. The molecule has 0 aliphatic carbocycles. The van der Waals surface area contributed by atoms with E-state index >= 15 is 0 Å². The lowest BCUT2D eigenvalue weighted by Gasteiger charge is -2.10. The van der Waals surface area contributed by atoms with Crippen LogP contribution in [0.15, 0.2) is 53.7 Å². The maximum atomic E-state index is 12.8. The SMILES string of the molecule is COCc1cccc(NC(=O)Cn2c(SC(F)F)nc3ccccc32)c1. The van der Waals surface area contributed by atoms with E-state index in [9.17, 15) is 13.6 Å². The topological polar surface area (TPSA) is 56.1 Å². The van der Waals surface area contributed by atoms with Gasteiger partial charge < -0.3 is 14.6 Å². The number of halogens is 2. The first kappa shape index (κ1) is 18.3. The molecule has 1 amide bonds. The van der Waals surface area contributed by atoms with Crippen LogP contribution in [0.2, 0.25) is 0 Å². The summed E-state index contributed by atoms with van der Waals surface area (Å²) in [6.07, 6.45) is 0. The van der Waals surface area contributed by atoms with E-state index in [2.05, 4.69) is 10.3 Å². The molecule has 1 aromatic heterocycles. The zero-order valence-corrected chi connectivity index (χ0v) is 14.8. The van der Waals surface area contributed by atoms with Crippen LogP contribution in [0.4, 0.5) is 14.5 Å². The summed E-state index contributed by atoms with van der Waals surface area (Å²) in [5.41, 5.74) is 2.76. The van der Waals surface area contributed by atoms with Crippen molar-refractivity contribution in [1.29, 1.82) is 0 Å². The van der Waals surface area contributed by atoms with Crippen LogP contribution in [0.3, 0.4) is 0 Å². The van der Waals surface area contributed by atoms with Crippen molar-refractivity contribution in [3.63, 3.8) is 0 Å². The number of thioether (sulfide) groups is 1. The van der Waals surface area contributed by atoms with Crippen LogP contribution in [0.25, 0.3) is 11.0 Å². The second-order valence-electron chi connectivity index (χ2n) is 5.53. The van der Waals surface area contributed by atoms with Crippen molar-refractivity contribution < 1.29 is 18.3 Å². The molecule has 0 aliphatic rings. The monoisotopic (exact) mass is 377 g/mol. The number of carbonyl (C=O) groups is 1. The van der Waals surface area contributed by atoms with Gasteiger partial charge in [0.2, 0.25) is 5.91 Å². The number of imidazole rings is 1. The number of nitrogens with one attached hydrogen (secondary N) is 1. The minimum atomic E-state index is -2.61. The Labute approximate surface area is 153 Å². The molecule has 5 nitrogen and oxygen atoms in total. The van der Waals surface area contributed by atoms with E-state index in [1.807, 2.05) is 18.2 Å². The van der Waals surface area contributed by atoms with Crippen LogP contribution in [0.1, 0.15) is 5.56 Å². The number of hydrogen-bond donors (Lipinski definition) is 1. The minimum Gasteiger partial charge on any atom is -0.380 e. The van der Waals surface area contributed by atoms with Crippen molar-refractivity contribution in [1.82, 2.24) is 9.55 Å². The molecule has 0 fully saturated rings. The standard InChI is InChI=1S/C18H17F2N3O2S/c1-25-11-12-5-4-6-13(9-12)21-16(24)10-23-15-8-3-2-7-14(15)22-18(23)26-17(19)20/h2-9,17H,10-11H2,1H3,(H,21,24). The Balaban J connectivity index is 1.81. The minimum absolute atomic E-state index is 0.107. The molecule has 136 valence electrons. The number of anilines is 1. The fourth-order valence-corrected chi connectivity index (χ4v) is 3.23. The number of methoxy groups -OCH3 is 1. The summed E-state index contributed by atoms with van der Waals surface area (Å²) in [7, 11) is 1.59. The van der Waals surface area contributed by atoms with Gasteiger partial charge in [-0.15, -0.1) is 0 Å². The predicted molar refractivity (Wildman–Crippen MR) is 97.4 cm³/mol. The molecule has 0 spiro atoms. The Morgan fingerprint density at radius 2 is 2.08 bits per heavy atom. The number of hydrogen-bond acceptors (Lipinski definition) is 4. The van der Waals surface area contributed by atoms with Crippen molar-refractivity contribution >= 4 is 34.4 Å². The molecule has 0 aliphatic heterocycles. The number of carbonyl (C=O) groups excluding carboxylic acids is 1. The van der Waals surface area contributed by atoms with E-state index in [-0.39, 0.29) is 17.6 Å². The van der Waals surface area contributed by atoms with Crippen LogP contribution in [0, 0.1) is 0 Å². The number of rotatable bonds is 7. The van der Waals surface area contributed by atoms with E-state index in [4.69, 9.17) is 4.74 Å². The smallest absolute Gasteiger partial charge is 0.291 e. The van der Waals surface area contributed by atoms with Crippen LogP contribution in [-0.4, -0.2) is 28.3 Å². The molecule has 0 bridgehead atoms. The molecule has 1 N–H and O–H groups in total. The second kappa shape index (κ2) is 8.29. The molecule has 1 heterocycles. The molecule has 3 aromatic rings. The van der Waals surface area contributed by atoms with E-state index in [1.165, 1.54) is 4.57 Å². The van der Waals surface area contributed by atoms with Gasteiger partial charge in [-0.3, -0.25) is 4.79 Å². The van der Waals surface area contributed by atoms with Gasteiger partial charge in [0.15, 0.2) is 5.16 Å². The van der Waals surface area contributed by atoms with Crippen LogP contribution < -0.4 is 5.32 Å². The first-order chi connectivity index (χ1) is 12.6. The van der Waals surface area contributed by atoms with Crippen molar-refractivity contribution in [3.05, 3.63) is 54.1 Å². The molecule has 0 saturated heterocycles. The van der Waals surface area contributed by atoms with Gasteiger partial charge in [0, 0.05) is 12.8 Å². The maximum Gasteiger partial charge on any atom is 0.291 e. The van der Waals surface area contributed by atoms with Gasteiger partial charge >= 0.3 is 0 Å². The van der Waals surface area contributed by atoms with Crippen molar-refractivity contribution in [3.8, 4) is 0 Å². The fraction of sp³-hybridized carbons (Fsp3) is 0.222. The fourth-order valence-electron chi connectivity index (χ4n) is 2.63. The predicted octanol–water partition coefficient (Wildman–Crippen LogP) is 4.14. The zero-order valence-electron chi connectivity index (χ0n) is 14.0. The highest BCUT2D eigenvalue weighted by Gasteiger charge is 2.17. The Morgan fingerprint density at radius 1 is 1.27 bits per heavy atom. The Hall–Kier alpha value is -2.45. The van der Waals surface area contributed by atoms with E-state index in [0.29, 0.717) is 35.1 Å². The second-order valence-corrected chi connectivity index (χ2v) is 6.49. The molecular weight excluding hydrogens is 360 g/mol. The lowest BCUT2D eigenvalue weighted by molar-refractivity contribution is -0.116. The van der Waals surface area contributed by atoms with Gasteiger partial charge in [0.1, 0.15) is 6.54 Å². The van der Waals surface area contributed by atoms with E-state index in [1.54, 1.807) is 37.4 Å². The molecule has 3 rings (SSSR count). The number of aromatic nitrogens is 2. The number of amides is 1. The lowest BCUT2D eigenvalue weighted by Crippen LogP contribution is -2.19. The van der Waals surface area contributed by atoms with Crippen molar-refractivity contribution in [2.45, 2.75) is 24.1 Å². The molecule has 0 saturated carbocycles. The maximum absolute atomic E-state index is 12.8. The number of alkyl halides is 2. The summed E-state index contributed by atoms with van der Waals surface area (Å²) in [5.74, 6) is -2.93. The van der Waals surface area contributed by atoms with Gasteiger partial charge in [-0.05, 0) is 41.6 Å². The van der Waals surface area contributed by atoms with Crippen LogP contribution >= 0.6 is 11.8 Å². The highest BCUT2D eigenvalue weighted by Crippen LogP contribution is 2.28. The van der Waals surface area contributed by atoms with Gasteiger partial charge in [-0.1, -0.05) is 24.3 Å². The summed E-state index contributed by atoms with van der Waals surface area (Å²) < 4.78 is 32.2. The van der Waals surface area contributed by atoms with Crippen LogP contribution in [0.5, 0.6) is 0 Å². The Morgan fingerprint density at radius 3 is 2.85 bits per heavy atom. The zero-order chi connectivity index (χ0) is 18.5. The van der Waals surface area contributed by atoms with E-state index in [0.717, 1.165) is 5.56 Å². The molecule has 0 unspecified atom stereocenters. The van der Waals surface area contributed by atoms with E-state index < -0.39 is 5.76 Å². The third-order valence-corrected chi connectivity index (χ3v) is 4.34. The molecule has 8 heteroatoms. The van der Waals surface area contributed by atoms with Gasteiger partial charge in [0.05, 0.1) is 17.6 Å². The summed E-state index contributed by atoms with van der Waals surface area (Å²) in [4.78, 5) is 16.6. The first-order valence-electron chi connectivity index (χ1n) is 7.84.